The third kappa shape index (κ3) is 5.48. The molecule has 0 spiro atoms. The molecule has 4 saturated carbocycles. The van der Waals surface area contributed by atoms with Crippen molar-refractivity contribution in [2.45, 2.75) is 90.2 Å². The zero-order valence-corrected chi connectivity index (χ0v) is 23.8. The number of carboxylic acid groups (broad SMARTS) is 1. The lowest BCUT2D eigenvalue weighted by Gasteiger charge is -2.40. The molecular weight excluding hydrogens is 496 g/mol. The van der Waals surface area contributed by atoms with Gasteiger partial charge in [-0.2, -0.15) is 0 Å². The molecule has 2 N–H and O–H groups in total. The molecule has 1 aromatic carbocycles. The third-order valence-electron chi connectivity index (χ3n) is 10.2. The Kier molecular flexibility index (Phi) is 7.84. The van der Waals surface area contributed by atoms with Crippen molar-refractivity contribution in [3.05, 3.63) is 23.3 Å². The second-order valence-electron chi connectivity index (χ2n) is 12.9. The molecule has 0 unspecified atom stereocenters. The van der Waals surface area contributed by atoms with Crippen LogP contribution in [0.5, 0.6) is 11.5 Å². The molecule has 0 radical (unpaired) electrons. The van der Waals surface area contributed by atoms with Gasteiger partial charge in [-0.1, -0.05) is 13.3 Å². The monoisotopic (exact) mass is 540 g/mol. The van der Waals surface area contributed by atoms with Gasteiger partial charge in [-0.3, -0.25) is 14.4 Å². The fourth-order valence-electron chi connectivity index (χ4n) is 7.62. The predicted molar refractivity (Wildman–Crippen MR) is 147 cm³/mol. The van der Waals surface area contributed by atoms with E-state index in [0.717, 1.165) is 37.7 Å². The number of nitrogens with one attached hydrogen (secondary N) is 1. The summed E-state index contributed by atoms with van der Waals surface area (Å²) in [5.41, 5.74) is 1.51. The van der Waals surface area contributed by atoms with Gasteiger partial charge in [0.25, 0.3) is 5.91 Å². The Morgan fingerprint density at radius 1 is 1.05 bits per heavy atom. The van der Waals surface area contributed by atoms with Crippen molar-refractivity contribution in [3.63, 3.8) is 0 Å². The van der Waals surface area contributed by atoms with Crippen LogP contribution < -0.4 is 14.8 Å². The van der Waals surface area contributed by atoms with Gasteiger partial charge in [0, 0.05) is 19.6 Å². The molecule has 0 aromatic heterocycles. The number of carboxylic acids is 1. The highest BCUT2D eigenvalue weighted by Crippen LogP contribution is 2.51. The lowest BCUT2D eigenvalue weighted by atomic mass is 9.70. The number of benzene rings is 1. The molecule has 2 bridgehead atoms. The van der Waals surface area contributed by atoms with Crippen LogP contribution in [0.25, 0.3) is 0 Å². The number of hydrogen-bond acceptors (Lipinski definition) is 5. The van der Waals surface area contributed by atoms with Crippen LogP contribution in [0.3, 0.4) is 0 Å². The fourth-order valence-corrected chi connectivity index (χ4v) is 7.62. The number of aliphatic carboxylic acids is 1. The quantitative estimate of drug-likeness (QED) is 0.465. The van der Waals surface area contributed by atoms with Gasteiger partial charge in [0.2, 0.25) is 5.91 Å². The minimum Gasteiger partial charge on any atom is -0.496 e. The molecule has 8 nitrogen and oxygen atoms in total. The van der Waals surface area contributed by atoms with Crippen LogP contribution in [0.1, 0.15) is 87.1 Å². The van der Waals surface area contributed by atoms with Gasteiger partial charge < -0.3 is 24.8 Å². The Labute approximate surface area is 231 Å². The summed E-state index contributed by atoms with van der Waals surface area (Å²) < 4.78 is 11.9. The molecule has 8 heteroatoms. The molecular formula is C31H44N2O6. The number of rotatable bonds is 9. The summed E-state index contributed by atoms with van der Waals surface area (Å²) in [4.78, 5) is 40.6. The summed E-state index contributed by atoms with van der Waals surface area (Å²) in [6, 6.07) is 3.48. The van der Waals surface area contributed by atoms with Gasteiger partial charge >= 0.3 is 5.97 Å². The Bertz CT molecular complexity index is 1110. The van der Waals surface area contributed by atoms with Crippen molar-refractivity contribution in [3.8, 4) is 11.5 Å². The highest BCUT2D eigenvalue weighted by molar-refractivity contribution is 5.98. The normalized spacial score (nSPS) is 30.8. The number of ether oxygens (including phenoxy) is 2. The number of amides is 2. The number of fused-ring (bicyclic) bond motifs is 2. The average Bonchev–Trinajstić information content (AvgIpc) is 3.53. The van der Waals surface area contributed by atoms with E-state index in [2.05, 4.69) is 12.2 Å². The largest absolute Gasteiger partial charge is 0.496 e. The molecule has 4 atom stereocenters. The molecule has 4 aliphatic rings. The SMILES string of the molecule is COc1cc(C)c(OC2CCC(C(=O)O)CC2)cc1C(=O)N(C)[C@@H]1[C@@H]2CC[C@@H](C2)[C@@H]1C(=O)NCC1(C)CCC1. The smallest absolute Gasteiger partial charge is 0.306 e. The van der Waals surface area contributed by atoms with Gasteiger partial charge in [-0.25, -0.2) is 0 Å². The second-order valence-corrected chi connectivity index (χ2v) is 12.9. The van der Waals surface area contributed by atoms with E-state index >= 15 is 0 Å². The van der Waals surface area contributed by atoms with E-state index in [-0.39, 0.29) is 41.2 Å². The number of methoxy groups -OCH3 is 1. The maximum absolute atomic E-state index is 14.0. The van der Waals surface area contributed by atoms with Crippen molar-refractivity contribution in [2.24, 2.45) is 29.1 Å². The Morgan fingerprint density at radius 3 is 2.36 bits per heavy atom. The van der Waals surface area contributed by atoms with Crippen LogP contribution in [0.4, 0.5) is 0 Å². The van der Waals surface area contributed by atoms with Crippen molar-refractivity contribution in [2.75, 3.05) is 20.7 Å². The lowest BCUT2D eigenvalue weighted by Crippen LogP contribution is -2.52. The summed E-state index contributed by atoms with van der Waals surface area (Å²) in [6.07, 6.45) is 9.09. The first-order chi connectivity index (χ1) is 18.6. The molecule has 5 rings (SSSR count). The molecule has 0 heterocycles. The highest BCUT2D eigenvalue weighted by Gasteiger charge is 2.53. The number of aryl methyl sites for hydroxylation is 1. The summed E-state index contributed by atoms with van der Waals surface area (Å²) in [5, 5.41) is 12.6. The predicted octanol–water partition coefficient (Wildman–Crippen LogP) is 4.82. The number of carbonyl (C=O) groups is 3. The maximum atomic E-state index is 14.0. The van der Waals surface area contributed by atoms with E-state index in [9.17, 15) is 19.5 Å². The van der Waals surface area contributed by atoms with Gasteiger partial charge in [-0.05, 0) is 99.7 Å². The summed E-state index contributed by atoms with van der Waals surface area (Å²) in [6.45, 7) is 4.88. The molecule has 214 valence electrons. The third-order valence-corrected chi connectivity index (χ3v) is 10.2. The first-order valence-electron chi connectivity index (χ1n) is 14.7. The zero-order chi connectivity index (χ0) is 27.9. The Balaban J connectivity index is 1.32. The molecule has 4 fully saturated rings. The topological polar surface area (TPSA) is 105 Å². The van der Waals surface area contributed by atoms with E-state index < -0.39 is 5.97 Å². The first kappa shape index (κ1) is 27.8. The maximum Gasteiger partial charge on any atom is 0.306 e. The van der Waals surface area contributed by atoms with E-state index in [1.165, 1.54) is 6.42 Å². The minimum atomic E-state index is -0.741. The van der Waals surface area contributed by atoms with Crippen molar-refractivity contribution >= 4 is 17.8 Å². The van der Waals surface area contributed by atoms with Gasteiger partial charge in [0.05, 0.1) is 30.6 Å². The van der Waals surface area contributed by atoms with Crippen molar-refractivity contribution in [1.82, 2.24) is 10.2 Å². The standard InChI is InChI=1S/C31H44N2O6/c1-18-14-25(38-4)23(16-24(18)39-22-10-8-19(9-11-22)30(36)37)29(35)33(3)27-21-7-6-20(15-21)26(27)28(34)32-17-31(2)12-5-13-31/h14,16,19-22,26-27H,5-13,15,17H2,1-4H3,(H,32,34)(H,36,37)/t19?,20-,21+,22?,26-,27+/m0/s1. The average molecular weight is 541 g/mol. The second kappa shape index (κ2) is 11.0. The molecule has 0 saturated heterocycles. The minimum absolute atomic E-state index is 0.0791. The number of carbonyl (C=O) groups excluding carboxylic acids is 2. The van der Waals surface area contributed by atoms with E-state index in [1.807, 2.05) is 20.0 Å². The Hall–Kier alpha value is -2.77. The van der Waals surface area contributed by atoms with Crippen LogP contribution in [0, 0.1) is 36.0 Å². The zero-order valence-electron chi connectivity index (χ0n) is 23.8. The van der Waals surface area contributed by atoms with Gasteiger partial charge in [-0.15, -0.1) is 0 Å². The summed E-state index contributed by atoms with van der Waals surface area (Å²) in [7, 11) is 3.39. The van der Waals surface area contributed by atoms with Crippen molar-refractivity contribution < 1.29 is 29.0 Å². The van der Waals surface area contributed by atoms with E-state index in [1.54, 1.807) is 18.1 Å². The van der Waals surface area contributed by atoms with Gasteiger partial charge in [0.1, 0.15) is 11.5 Å². The molecule has 0 aliphatic heterocycles. The van der Waals surface area contributed by atoms with Crippen LogP contribution in [0.15, 0.2) is 12.1 Å². The van der Waals surface area contributed by atoms with E-state index in [0.29, 0.717) is 61.1 Å². The molecule has 1 aromatic rings. The van der Waals surface area contributed by atoms with Gasteiger partial charge in [0.15, 0.2) is 0 Å². The molecule has 4 aliphatic carbocycles. The molecule has 39 heavy (non-hydrogen) atoms. The number of hydrogen-bond donors (Lipinski definition) is 2. The van der Waals surface area contributed by atoms with Crippen molar-refractivity contribution in [1.29, 1.82) is 0 Å². The summed E-state index contributed by atoms with van der Waals surface area (Å²) in [5.74, 6) is 0.476. The van der Waals surface area contributed by atoms with E-state index in [4.69, 9.17) is 9.47 Å². The Morgan fingerprint density at radius 2 is 1.74 bits per heavy atom. The fraction of sp³-hybridized carbons (Fsp3) is 0.710. The molecule has 2 amide bonds. The first-order valence-corrected chi connectivity index (χ1v) is 14.7. The number of nitrogens with zero attached hydrogens (tertiary/aromatic N) is 1. The lowest BCUT2D eigenvalue weighted by molar-refractivity contribution is -0.143. The van der Waals surface area contributed by atoms with Crippen LogP contribution in [-0.2, 0) is 9.59 Å². The highest BCUT2D eigenvalue weighted by atomic mass is 16.5. The van der Waals surface area contributed by atoms with Crippen LogP contribution in [0.2, 0.25) is 0 Å². The van der Waals surface area contributed by atoms with Crippen LogP contribution in [-0.4, -0.2) is 60.6 Å². The van der Waals surface area contributed by atoms with Crippen LogP contribution >= 0.6 is 0 Å². The summed E-state index contributed by atoms with van der Waals surface area (Å²) >= 11 is 0.